The first-order valence-electron chi connectivity index (χ1n) is 11.5. The molecule has 164 valence electrons. The largest absolute Gasteiger partial charge is 0.313 e. The summed E-state index contributed by atoms with van der Waals surface area (Å²) in [6.45, 7) is 5.94. The van der Waals surface area contributed by atoms with E-state index in [4.69, 9.17) is 0 Å². The second-order valence-corrected chi connectivity index (χ2v) is 8.51. The summed E-state index contributed by atoms with van der Waals surface area (Å²) in [5.74, 6) is 0. The van der Waals surface area contributed by atoms with Crippen molar-refractivity contribution in [2.24, 2.45) is 0 Å². The molecule has 0 atom stereocenters. The van der Waals surface area contributed by atoms with Crippen molar-refractivity contribution in [2.45, 2.75) is 6.92 Å². The standard InChI is InChI=1S/C32H21N3/c1-3-4-12-26-22(2)34(32-18-17-23(21-33)19-29(26)32)24-10-9-11-25(20-24)35-30-15-7-5-13-27(30)28-14-6-8-16-31(28)35/h3-5,7-13,15-20H,1H2,2H3/b12-4-. The Kier molecular flexibility index (Phi) is 4.77. The van der Waals surface area contributed by atoms with Crippen LogP contribution in [0.4, 0.5) is 0 Å². The molecular weight excluding hydrogens is 426 g/mol. The molecule has 0 fully saturated rings. The topological polar surface area (TPSA) is 33.6 Å². The number of hydrogen-bond donors (Lipinski definition) is 0. The van der Waals surface area contributed by atoms with E-state index in [1.165, 1.54) is 0 Å². The van der Waals surface area contributed by atoms with Gasteiger partial charge in [-0.3, -0.25) is 0 Å². The third kappa shape index (κ3) is 3.15. The van der Waals surface area contributed by atoms with Crippen molar-refractivity contribution in [1.82, 2.24) is 9.13 Å². The van der Waals surface area contributed by atoms with Crippen molar-refractivity contribution in [2.75, 3.05) is 0 Å². The van der Waals surface area contributed by atoms with E-state index in [0.29, 0.717) is 5.56 Å². The van der Waals surface area contributed by atoms with Crippen LogP contribution in [0.3, 0.4) is 0 Å². The number of aromatic nitrogens is 2. The zero-order chi connectivity index (χ0) is 23.9. The normalized spacial score (nSPS) is 11.3. The zero-order valence-electron chi connectivity index (χ0n) is 19.3. The van der Waals surface area contributed by atoms with Gasteiger partial charge < -0.3 is 9.13 Å². The molecule has 0 bridgehead atoms. The third-order valence-electron chi connectivity index (χ3n) is 6.56. The highest BCUT2D eigenvalue weighted by atomic mass is 15.0. The van der Waals surface area contributed by atoms with Gasteiger partial charge in [-0.05, 0) is 61.5 Å². The van der Waals surface area contributed by atoms with E-state index in [2.05, 4.69) is 102 Å². The molecule has 0 aliphatic rings. The van der Waals surface area contributed by atoms with Gasteiger partial charge in [-0.15, -0.1) is 0 Å². The molecule has 0 saturated carbocycles. The molecule has 4 aromatic carbocycles. The van der Waals surface area contributed by atoms with E-state index in [0.717, 1.165) is 55.3 Å². The van der Waals surface area contributed by atoms with Gasteiger partial charge in [0, 0.05) is 33.4 Å². The van der Waals surface area contributed by atoms with Crippen LogP contribution < -0.4 is 0 Å². The molecule has 0 amide bonds. The maximum Gasteiger partial charge on any atom is 0.0991 e. The number of fused-ring (bicyclic) bond motifs is 4. The molecule has 2 heterocycles. The molecule has 0 N–H and O–H groups in total. The van der Waals surface area contributed by atoms with Crippen molar-refractivity contribution < 1.29 is 0 Å². The summed E-state index contributed by atoms with van der Waals surface area (Å²) in [7, 11) is 0. The summed E-state index contributed by atoms with van der Waals surface area (Å²) in [5, 5.41) is 12.7. The SMILES string of the molecule is C=C/C=C\c1c(C)n(-c2cccc(-n3c4ccc#cc4c4ccccc43)c2)c2ccc(C#N)cc12. The minimum absolute atomic E-state index is 0.648. The van der Waals surface area contributed by atoms with Crippen LogP contribution in [0.25, 0.3) is 50.2 Å². The fourth-order valence-electron chi connectivity index (χ4n) is 5.05. The fourth-order valence-corrected chi connectivity index (χ4v) is 5.05. The molecule has 0 aliphatic carbocycles. The smallest absolute Gasteiger partial charge is 0.0991 e. The number of rotatable bonds is 4. The highest BCUT2D eigenvalue weighted by molar-refractivity contribution is 6.08. The van der Waals surface area contributed by atoms with Gasteiger partial charge in [0.25, 0.3) is 0 Å². The molecule has 3 heteroatoms. The van der Waals surface area contributed by atoms with Crippen LogP contribution in [0, 0.1) is 30.4 Å². The first-order chi connectivity index (χ1) is 17.2. The summed E-state index contributed by atoms with van der Waals surface area (Å²) in [6.07, 6.45) is 5.77. The minimum Gasteiger partial charge on any atom is -0.313 e. The minimum atomic E-state index is 0.648. The Labute approximate surface area is 204 Å². The van der Waals surface area contributed by atoms with Crippen LogP contribution in [0.15, 0.2) is 97.6 Å². The number of para-hydroxylation sites is 1. The Morgan fingerprint density at radius 1 is 0.857 bits per heavy atom. The first kappa shape index (κ1) is 20.6. The van der Waals surface area contributed by atoms with Gasteiger partial charge in [-0.1, -0.05) is 61.2 Å². The van der Waals surface area contributed by atoms with Gasteiger partial charge in [-0.2, -0.15) is 5.26 Å². The molecule has 35 heavy (non-hydrogen) atoms. The van der Waals surface area contributed by atoms with Crippen LogP contribution in [-0.4, -0.2) is 9.13 Å². The summed E-state index contributed by atoms with van der Waals surface area (Å²) < 4.78 is 4.54. The predicted molar refractivity (Wildman–Crippen MR) is 144 cm³/mol. The van der Waals surface area contributed by atoms with Crippen LogP contribution >= 0.6 is 0 Å². The van der Waals surface area contributed by atoms with Gasteiger partial charge in [0.1, 0.15) is 0 Å². The van der Waals surface area contributed by atoms with Gasteiger partial charge >= 0.3 is 0 Å². The number of nitrogens with zero attached hydrogens (tertiary/aromatic N) is 3. The molecule has 6 aromatic rings. The van der Waals surface area contributed by atoms with Gasteiger partial charge in [-0.25, -0.2) is 0 Å². The number of allylic oxidation sites excluding steroid dienone is 2. The van der Waals surface area contributed by atoms with E-state index in [1.807, 2.05) is 30.3 Å². The van der Waals surface area contributed by atoms with Crippen molar-refractivity contribution in [1.29, 1.82) is 5.26 Å². The molecule has 0 radical (unpaired) electrons. The van der Waals surface area contributed by atoms with Crippen LogP contribution in [0.2, 0.25) is 0 Å². The lowest BCUT2D eigenvalue weighted by Gasteiger charge is -2.13. The van der Waals surface area contributed by atoms with E-state index >= 15 is 0 Å². The van der Waals surface area contributed by atoms with Gasteiger partial charge in [0.05, 0.1) is 33.6 Å². The third-order valence-corrected chi connectivity index (χ3v) is 6.56. The highest BCUT2D eigenvalue weighted by Crippen LogP contribution is 2.34. The van der Waals surface area contributed by atoms with Gasteiger partial charge in [0.2, 0.25) is 0 Å². The molecular formula is C32H21N3. The second kappa shape index (κ2) is 8.10. The fraction of sp³-hybridized carbons (Fsp3) is 0.0312. The van der Waals surface area contributed by atoms with E-state index in [9.17, 15) is 5.26 Å². The number of benzene rings is 3. The Morgan fingerprint density at radius 2 is 1.66 bits per heavy atom. The van der Waals surface area contributed by atoms with Crippen molar-refractivity contribution in [3.63, 3.8) is 0 Å². The summed E-state index contributed by atoms with van der Waals surface area (Å²) in [6, 6.07) is 35.6. The number of nitriles is 1. The highest BCUT2D eigenvalue weighted by Gasteiger charge is 2.16. The zero-order valence-corrected chi connectivity index (χ0v) is 19.3. The van der Waals surface area contributed by atoms with E-state index in [1.54, 1.807) is 6.08 Å². The average molecular weight is 448 g/mol. The van der Waals surface area contributed by atoms with E-state index < -0.39 is 0 Å². The quantitative estimate of drug-likeness (QED) is 0.255. The molecule has 0 unspecified atom stereocenters. The maximum absolute atomic E-state index is 9.47. The lowest BCUT2D eigenvalue weighted by atomic mass is 10.1. The first-order valence-corrected chi connectivity index (χ1v) is 11.5. The van der Waals surface area contributed by atoms with Crippen molar-refractivity contribution >= 4 is 38.8 Å². The van der Waals surface area contributed by atoms with Crippen LogP contribution in [0.1, 0.15) is 16.8 Å². The van der Waals surface area contributed by atoms with Crippen molar-refractivity contribution in [3.8, 4) is 17.4 Å². The summed E-state index contributed by atoms with van der Waals surface area (Å²) in [4.78, 5) is 0. The Balaban J connectivity index is 1.63. The second-order valence-electron chi connectivity index (χ2n) is 8.51. The summed E-state index contributed by atoms with van der Waals surface area (Å²) in [5.41, 5.74) is 8.28. The molecule has 0 saturated heterocycles. The lowest BCUT2D eigenvalue weighted by Crippen LogP contribution is -2.00. The number of hydrogen-bond acceptors (Lipinski definition) is 1. The average Bonchev–Trinajstić information content (AvgIpc) is 3.38. The Morgan fingerprint density at radius 3 is 2.49 bits per heavy atom. The summed E-state index contributed by atoms with van der Waals surface area (Å²) >= 11 is 0. The predicted octanol–water partition coefficient (Wildman–Crippen LogP) is 7.71. The molecule has 6 rings (SSSR count). The van der Waals surface area contributed by atoms with Crippen molar-refractivity contribution in [3.05, 3.63) is 127 Å². The molecule has 0 spiro atoms. The Hall–Kier alpha value is -4.99. The van der Waals surface area contributed by atoms with E-state index in [-0.39, 0.29) is 0 Å². The maximum atomic E-state index is 9.47. The molecule has 3 nitrogen and oxygen atoms in total. The molecule has 2 aromatic heterocycles. The monoisotopic (exact) mass is 447 g/mol. The van der Waals surface area contributed by atoms with Crippen LogP contribution in [0.5, 0.6) is 0 Å². The van der Waals surface area contributed by atoms with Gasteiger partial charge in [0.15, 0.2) is 0 Å². The van der Waals surface area contributed by atoms with Crippen LogP contribution in [-0.2, 0) is 0 Å². The lowest BCUT2D eigenvalue weighted by molar-refractivity contribution is 1.04. The Bertz CT molecular complexity index is 1780. The molecule has 0 aliphatic heterocycles.